The summed E-state index contributed by atoms with van der Waals surface area (Å²) in [4.78, 5) is 13.0. The maximum absolute atomic E-state index is 12.2. The first kappa shape index (κ1) is 17.1. The smallest absolute Gasteiger partial charge is 0.230 e. The van der Waals surface area contributed by atoms with Crippen molar-refractivity contribution in [1.82, 2.24) is 19.9 Å². The molecule has 0 unspecified atom stereocenters. The van der Waals surface area contributed by atoms with E-state index in [1.807, 2.05) is 28.7 Å². The van der Waals surface area contributed by atoms with E-state index in [4.69, 9.17) is 0 Å². The topological polar surface area (TPSA) is 59.3 Å². The van der Waals surface area contributed by atoms with Crippen LogP contribution in [-0.4, -0.2) is 32.8 Å². The molecule has 132 valence electrons. The number of aryl methyl sites for hydroxylation is 1. The fourth-order valence-corrected chi connectivity index (χ4v) is 4.65. The molecule has 0 aliphatic carbocycles. The van der Waals surface area contributed by atoms with Crippen molar-refractivity contribution < 1.29 is 4.79 Å². The lowest BCUT2D eigenvalue weighted by Crippen LogP contribution is -2.27. The molecule has 7 heteroatoms. The number of nitrogens with one attached hydrogen (secondary N) is 1. The van der Waals surface area contributed by atoms with Crippen LogP contribution >= 0.6 is 23.1 Å². The Morgan fingerprint density at radius 2 is 1.96 bits per heavy atom. The van der Waals surface area contributed by atoms with Gasteiger partial charge in [-0.25, -0.2) is 0 Å². The Balaban J connectivity index is 1.36. The number of thiazole rings is 1. The second kappa shape index (κ2) is 7.47. The third kappa shape index (κ3) is 3.45. The molecule has 1 N–H and O–H groups in total. The number of rotatable bonds is 6. The third-order valence-corrected chi connectivity index (χ3v) is 6.16. The van der Waals surface area contributed by atoms with Crippen molar-refractivity contribution in [3.05, 3.63) is 59.7 Å². The summed E-state index contributed by atoms with van der Waals surface area (Å²) in [5.41, 5.74) is 3.61. The van der Waals surface area contributed by atoms with Crippen molar-refractivity contribution >= 4 is 44.2 Å². The van der Waals surface area contributed by atoms with Gasteiger partial charge in [0, 0.05) is 6.54 Å². The van der Waals surface area contributed by atoms with Gasteiger partial charge in [0.2, 0.25) is 10.9 Å². The van der Waals surface area contributed by atoms with E-state index >= 15 is 0 Å². The Morgan fingerprint density at radius 1 is 1.15 bits per heavy atom. The lowest BCUT2D eigenvalue weighted by molar-refractivity contribution is -0.118. The quantitative estimate of drug-likeness (QED) is 0.517. The van der Waals surface area contributed by atoms with E-state index in [0.29, 0.717) is 12.3 Å². The van der Waals surface area contributed by atoms with Crippen LogP contribution in [0.4, 0.5) is 0 Å². The molecule has 26 heavy (non-hydrogen) atoms. The predicted octanol–water partition coefficient (Wildman–Crippen LogP) is 3.70. The summed E-state index contributed by atoms with van der Waals surface area (Å²) in [6, 6.07) is 16.4. The van der Waals surface area contributed by atoms with Crippen molar-refractivity contribution in [2.75, 3.05) is 12.3 Å². The molecule has 0 saturated carbocycles. The number of benzene rings is 2. The molecular weight excluding hydrogens is 364 g/mol. The Kier molecular flexibility index (Phi) is 4.90. The van der Waals surface area contributed by atoms with Gasteiger partial charge >= 0.3 is 0 Å². The Hall–Kier alpha value is -2.38. The van der Waals surface area contributed by atoms with Gasteiger partial charge in [0.15, 0.2) is 5.16 Å². The first-order chi connectivity index (χ1) is 12.7. The normalized spacial score (nSPS) is 11.3. The standard InChI is InChI=1S/C19H18N4OS2/c1-13-6-2-3-7-14(13)10-11-20-17(24)12-25-18-21-22-19-23(18)15-8-4-5-9-16(15)26-19/h2-9H,10-12H2,1H3,(H,20,24). The number of para-hydroxylation sites is 1. The molecule has 0 saturated heterocycles. The van der Waals surface area contributed by atoms with Gasteiger partial charge in [0.1, 0.15) is 0 Å². The number of carbonyl (C=O) groups is 1. The van der Waals surface area contributed by atoms with E-state index in [0.717, 1.165) is 22.1 Å². The second-order valence-electron chi connectivity index (χ2n) is 5.99. The molecule has 0 spiro atoms. The molecule has 0 fully saturated rings. The number of hydrogen-bond donors (Lipinski definition) is 1. The van der Waals surface area contributed by atoms with Crippen molar-refractivity contribution in [3.8, 4) is 0 Å². The van der Waals surface area contributed by atoms with Crippen LogP contribution in [0.3, 0.4) is 0 Å². The summed E-state index contributed by atoms with van der Waals surface area (Å²) in [7, 11) is 0. The molecule has 0 atom stereocenters. The van der Waals surface area contributed by atoms with Crippen LogP contribution in [0.1, 0.15) is 11.1 Å². The molecule has 0 aliphatic rings. The summed E-state index contributed by atoms with van der Waals surface area (Å²) < 4.78 is 3.19. The van der Waals surface area contributed by atoms with Crippen molar-refractivity contribution in [3.63, 3.8) is 0 Å². The van der Waals surface area contributed by atoms with Gasteiger partial charge in [-0.2, -0.15) is 0 Å². The first-order valence-electron chi connectivity index (χ1n) is 8.39. The number of nitrogens with zero attached hydrogens (tertiary/aromatic N) is 3. The van der Waals surface area contributed by atoms with Crippen LogP contribution in [0.15, 0.2) is 53.7 Å². The SMILES string of the molecule is Cc1ccccc1CCNC(=O)CSc1nnc2sc3ccccc3n12. The summed E-state index contributed by atoms with van der Waals surface area (Å²) in [6.45, 7) is 2.73. The van der Waals surface area contributed by atoms with Crippen molar-refractivity contribution in [2.45, 2.75) is 18.5 Å². The number of thioether (sulfide) groups is 1. The maximum Gasteiger partial charge on any atom is 0.230 e. The van der Waals surface area contributed by atoms with Gasteiger partial charge in [-0.1, -0.05) is 59.5 Å². The lowest BCUT2D eigenvalue weighted by Gasteiger charge is -2.07. The molecule has 4 aromatic rings. The summed E-state index contributed by atoms with van der Waals surface area (Å²) in [5.74, 6) is 0.346. The highest BCUT2D eigenvalue weighted by atomic mass is 32.2. The van der Waals surface area contributed by atoms with Gasteiger partial charge < -0.3 is 5.32 Å². The van der Waals surface area contributed by atoms with E-state index in [1.165, 1.54) is 27.6 Å². The zero-order valence-electron chi connectivity index (χ0n) is 14.3. The number of aromatic nitrogens is 3. The Labute approximate surface area is 159 Å². The largest absolute Gasteiger partial charge is 0.355 e. The highest BCUT2D eigenvalue weighted by molar-refractivity contribution is 7.99. The van der Waals surface area contributed by atoms with Crippen LogP contribution < -0.4 is 5.32 Å². The number of amides is 1. The molecule has 5 nitrogen and oxygen atoms in total. The minimum absolute atomic E-state index is 0.0138. The third-order valence-electron chi connectivity index (χ3n) is 4.22. The van der Waals surface area contributed by atoms with Gasteiger partial charge in [0.05, 0.1) is 16.0 Å². The molecule has 0 radical (unpaired) electrons. The Bertz CT molecular complexity index is 1070. The first-order valence-corrected chi connectivity index (χ1v) is 10.2. The van der Waals surface area contributed by atoms with Crippen molar-refractivity contribution in [1.29, 1.82) is 0 Å². The van der Waals surface area contributed by atoms with Gasteiger partial charge in [-0.15, -0.1) is 10.2 Å². The van der Waals surface area contributed by atoms with Crippen LogP contribution in [0.5, 0.6) is 0 Å². The summed E-state index contributed by atoms with van der Waals surface area (Å²) in [5, 5.41) is 12.2. The molecule has 1 amide bonds. The minimum Gasteiger partial charge on any atom is -0.355 e. The monoisotopic (exact) mass is 382 g/mol. The van der Waals surface area contributed by atoms with Crippen LogP contribution in [-0.2, 0) is 11.2 Å². The molecule has 2 heterocycles. The molecule has 2 aromatic heterocycles. The van der Waals surface area contributed by atoms with E-state index in [-0.39, 0.29) is 5.91 Å². The predicted molar refractivity (Wildman–Crippen MR) is 107 cm³/mol. The van der Waals surface area contributed by atoms with Crippen LogP contribution in [0.2, 0.25) is 0 Å². The minimum atomic E-state index is 0.0138. The van der Waals surface area contributed by atoms with Gasteiger partial charge in [0.25, 0.3) is 0 Å². The second-order valence-corrected chi connectivity index (χ2v) is 7.94. The zero-order valence-corrected chi connectivity index (χ0v) is 15.9. The fraction of sp³-hybridized carbons (Fsp3) is 0.211. The lowest BCUT2D eigenvalue weighted by atomic mass is 10.1. The highest BCUT2D eigenvalue weighted by Gasteiger charge is 2.13. The van der Waals surface area contributed by atoms with Crippen LogP contribution in [0.25, 0.3) is 15.2 Å². The Morgan fingerprint density at radius 3 is 2.85 bits per heavy atom. The van der Waals surface area contributed by atoms with Gasteiger partial charge in [-0.05, 0) is 36.6 Å². The summed E-state index contributed by atoms with van der Waals surface area (Å²) >= 11 is 3.02. The average molecular weight is 383 g/mol. The molecular formula is C19H18N4OS2. The average Bonchev–Trinajstić information content (AvgIpc) is 3.21. The number of carbonyl (C=O) groups excluding carboxylic acids is 1. The maximum atomic E-state index is 12.2. The summed E-state index contributed by atoms with van der Waals surface area (Å²) in [6.07, 6.45) is 0.841. The van der Waals surface area contributed by atoms with Crippen molar-refractivity contribution in [2.24, 2.45) is 0 Å². The van der Waals surface area contributed by atoms with Gasteiger partial charge in [-0.3, -0.25) is 9.20 Å². The zero-order chi connectivity index (χ0) is 17.9. The van der Waals surface area contributed by atoms with Crippen LogP contribution in [0, 0.1) is 6.92 Å². The fourth-order valence-electron chi connectivity index (χ4n) is 2.86. The number of fused-ring (bicyclic) bond motifs is 3. The van der Waals surface area contributed by atoms with E-state index in [2.05, 4.69) is 46.7 Å². The molecule has 0 bridgehead atoms. The van der Waals surface area contributed by atoms with E-state index in [9.17, 15) is 4.79 Å². The molecule has 4 rings (SSSR count). The highest BCUT2D eigenvalue weighted by Crippen LogP contribution is 2.29. The van der Waals surface area contributed by atoms with E-state index < -0.39 is 0 Å². The molecule has 2 aromatic carbocycles. The molecule has 0 aliphatic heterocycles. The van der Waals surface area contributed by atoms with E-state index in [1.54, 1.807) is 11.3 Å². The number of hydrogen-bond acceptors (Lipinski definition) is 5.